The summed E-state index contributed by atoms with van der Waals surface area (Å²) in [5.74, 6) is -2.31. The molecule has 2 aromatic carbocycles. The molecule has 0 aliphatic heterocycles. The van der Waals surface area contributed by atoms with Crippen LogP contribution in [0.1, 0.15) is 11.1 Å². The smallest absolute Gasteiger partial charge is 0.267 e. The number of nitrogens with one attached hydrogen (secondary N) is 2. The molecule has 6 heteroatoms. The lowest BCUT2D eigenvalue weighted by molar-refractivity contribution is -0.112. The van der Waals surface area contributed by atoms with E-state index in [2.05, 4.69) is 10.6 Å². The molecule has 4 nitrogen and oxygen atoms in total. The topological polar surface area (TPSA) is 64.9 Å². The Morgan fingerprint density at radius 1 is 1.12 bits per heavy atom. The summed E-state index contributed by atoms with van der Waals surface area (Å²) in [4.78, 5) is 12.2. The lowest BCUT2D eigenvalue weighted by Crippen LogP contribution is -2.15. The number of aryl methyl sites for hydroxylation is 1. The number of hydrogen-bond acceptors (Lipinski definition) is 3. The maximum Gasteiger partial charge on any atom is 0.267 e. The first-order valence-electron chi connectivity index (χ1n) is 7.12. The van der Waals surface area contributed by atoms with Gasteiger partial charge in [0.15, 0.2) is 0 Å². The van der Waals surface area contributed by atoms with Crippen molar-refractivity contribution in [1.29, 1.82) is 5.26 Å². The molecule has 24 heavy (non-hydrogen) atoms. The Kier molecular flexibility index (Phi) is 5.27. The van der Waals surface area contributed by atoms with Gasteiger partial charge in [-0.05, 0) is 43.2 Å². The molecule has 2 N–H and O–H groups in total. The van der Waals surface area contributed by atoms with Gasteiger partial charge in [-0.2, -0.15) is 5.26 Å². The zero-order chi connectivity index (χ0) is 17.7. The summed E-state index contributed by atoms with van der Waals surface area (Å²) in [6.45, 7) is 3.74. The number of anilines is 2. The Morgan fingerprint density at radius 2 is 1.75 bits per heavy atom. The van der Waals surface area contributed by atoms with Crippen LogP contribution in [-0.2, 0) is 4.79 Å². The van der Waals surface area contributed by atoms with Crippen molar-refractivity contribution < 1.29 is 13.6 Å². The molecule has 0 aliphatic carbocycles. The first-order chi connectivity index (χ1) is 11.4. The molecular weight excluding hydrogens is 312 g/mol. The van der Waals surface area contributed by atoms with Crippen LogP contribution in [0, 0.1) is 36.8 Å². The van der Waals surface area contributed by atoms with Gasteiger partial charge in [0.2, 0.25) is 0 Å². The average Bonchev–Trinajstić information content (AvgIpc) is 2.54. The second kappa shape index (κ2) is 7.38. The molecule has 2 rings (SSSR count). The lowest BCUT2D eigenvalue weighted by Gasteiger charge is -2.10. The van der Waals surface area contributed by atoms with Crippen LogP contribution >= 0.6 is 0 Å². The third-order valence-corrected chi connectivity index (χ3v) is 3.54. The van der Waals surface area contributed by atoms with Gasteiger partial charge in [-0.1, -0.05) is 18.2 Å². The number of nitrogens with zero attached hydrogens (tertiary/aromatic N) is 1. The number of benzene rings is 2. The zero-order valence-corrected chi connectivity index (χ0v) is 13.2. The number of para-hydroxylation sites is 1. The summed E-state index contributed by atoms with van der Waals surface area (Å²) in [6.07, 6.45) is 0.974. The van der Waals surface area contributed by atoms with Crippen LogP contribution in [0.2, 0.25) is 0 Å². The summed E-state index contributed by atoms with van der Waals surface area (Å²) in [6, 6.07) is 10.5. The molecule has 0 bridgehead atoms. The Hall–Kier alpha value is -3.20. The van der Waals surface area contributed by atoms with E-state index in [0.717, 1.165) is 29.5 Å². The Labute approximate surface area is 138 Å². The van der Waals surface area contributed by atoms with Gasteiger partial charge in [-0.3, -0.25) is 4.79 Å². The number of nitriles is 1. The molecule has 0 saturated heterocycles. The fraction of sp³-hybridized carbons (Fsp3) is 0.111. The lowest BCUT2D eigenvalue weighted by atomic mass is 10.1. The van der Waals surface area contributed by atoms with Crippen molar-refractivity contribution in [3.05, 3.63) is 70.9 Å². The predicted molar refractivity (Wildman–Crippen MR) is 88.2 cm³/mol. The van der Waals surface area contributed by atoms with E-state index in [-0.39, 0.29) is 5.57 Å². The predicted octanol–water partition coefficient (Wildman–Crippen LogP) is 4.04. The SMILES string of the molecule is Cc1cccc(NC(=O)/C(C#N)=C\Nc2c(F)cccc2F)c1C. The van der Waals surface area contributed by atoms with Crippen LogP contribution in [0.25, 0.3) is 0 Å². The minimum absolute atomic E-state index is 0.307. The summed E-state index contributed by atoms with van der Waals surface area (Å²) >= 11 is 0. The molecule has 1 amide bonds. The number of hydrogen-bond donors (Lipinski definition) is 2. The van der Waals surface area contributed by atoms with Crippen molar-refractivity contribution in [2.24, 2.45) is 0 Å². The highest BCUT2D eigenvalue weighted by Gasteiger charge is 2.13. The molecule has 0 unspecified atom stereocenters. The molecule has 0 saturated carbocycles. The number of halogens is 2. The summed E-state index contributed by atoms with van der Waals surface area (Å²) in [5, 5.41) is 14.0. The van der Waals surface area contributed by atoms with E-state index >= 15 is 0 Å². The minimum Gasteiger partial charge on any atom is -0.355 e. The Bertz CT molecular complexity index is 834. The van der Waals surface area contributed by atoms with E-state index < -0.39 is 23.2 Å². The van der Waals surface area contributed by atoms with E-state index in [1.54, 1.807) is 18.2 Å². The van der Waals surface area contributed by atoms with Crippen LogP contribution in [0.5, 0.6) is 0 Å². The van der Waals surface area contributed by atoms with Crippen LogP contribution in [0.15, 0.2) is 48.2 Å². The number of carbonyl (C=O) groups is 1. The van der Waals surface area contributed by atoms with Crippen molar-refractivity contribution in [1.82, 2.24) is 0 Å². The molecule has 0 aliphatic rings. The Morgan fingerprint density at radius 3 is 2.38 bits per heavy atom. The minimum atomic E-state index is -0.821. The van der Waals surface area contributed by atoms with Gasteiger partial charge in [0, 0.05) is 11.9 Å². The van der Waals surface area contributed by atoms with Gasteiger partial charge in [-0.15, -0.1) is 0 Å². The van der Waals surface area contributed by atoms with Gasteiger partial charge < -0.3 is 10.6 Å². The second-order valence-electron chi connectivity index (χ2n) is 5.11. The van der Waals surface area contributed by atoms with Gasteiger partial charge >= 0.3 is 0 Å². The normalized spacial score (nSPS) is 10.9. The van der Waals surface area contributed by atoms with E-state index in [9.17, 15) is 13.6 Å². The monoisotopic (exact) mass is 327 g/mol. The van der Waals surface area contributed by atoms with E-state index in [0.29, 0.717) is 5.69 Å². The van der Waals surface area contributed by atoms with Crippen molar-refractivity contribution in [2.75, 3.05) is 10.6 Å². The van der Waals surface area contributed by atoms with Gasteiger partial charge in [0.25, 0.3) is 5.91 Å². The fourth-order valence-corrected chi connectivity index (χ4v) is 2.00. The summed E-state index contributed by atoms with van der Waals surface area (Å²) in [5.41, 5.74) is 1.69. The Balaban J connectivity index is 2.20. The maximum absolute atomic E-state index is 13.5. The molecular formula is C18H15F2N3O. The molecule has 2 aromatic rings. The van der Waals surface area contributed by atoms with Crippen molar-refractivity contribution in [2.45, 2.75) is 13.8 Å². The first-order valence-corrected chi connectivity index (χ1v) is 7.12. The molecule has 0 radical (unpaired) electrons. The van der Waals surface area contributed by atoms with Gasteiger partial charge in [0.05, 0.1) is 0 Å². The highest BCUT2D eigenvalue weighted by Crippen LogP contribution is 2.20. The third kappa shape index (κ3) is 3.76. The number of rotatable bonds is 4. The molecule has 0 aromatic heterocycles. The molecule has 0 heterocycles. The largest absolute Gasteiger partial charge is 0.355 e. The van der Waals surface area contributed by atoms with Crippen molar-refractivity contribution in [3.8, 4) is 6.07 Å². The second-order valence-corrected chi connectivity index (χ2v) is 5.11. The first kappa shape index (κ1) is 17.2. The molecule has 122 valence electrons. The fourth-order valence-electron chi connectivity index (χ4n) is 2.00. The van der Waals surface area contributed by atoms with Crippen LogP contribution in [0.4, 0.5) is 20.2 Å². The van der Waals surface area contributed by atoms with E-state index in [1.807, 2.05) is 19.9 Å². The number of carbonyl (C=O) groups excluding carboxylic acids is 1. The summed E-state index contributed by atoms with van der Waals surface area (Å²) < 4.78 is 27.1. The van der Waals surface area contributed by atoms with E-state index in [4.69, 9.17) is 5.26 Å². The van der Waals surface area contributed by atoms with Crippen molar-refractivity contribution >= 4 is 17.3 Å². The van der Waals surface area contributed by atoms with E-state index in [1.165, 1.54) is 6.07 Å². The van der Waals surface area contributed by atoms with Crippen molar-refractivity contribution in [3.63, 3.8) is 0 Å². The molecule has 0 atom stereocenters. The van der Waals surface area contributed by atoms with Crippen LogP contribution in [0.3, 0.4) is 0 Å². The zero-order valence-electron chi connectivity index (χ0n) is 13.2. The summed E-state index contributed by atoms with van der Waals surface area (Å²) in [7, 11) is 0. The molecule has 0 spiro atoms. The number of amides is 1. The standard InChI is InChI=1S/C18H15F2N3O/c1-11-5-3-8-16(12(11)2)23-18(24)13(9-21)10-22-17-14(19)6-4-7-15(17)20/h3-8,10,22H,1-2H3,(H,23,24)/b13-10-. The maximum atomic E-state index is 13.5. The van der Waals surface area contributed by atoms with Gasteiger partial charge in [-0.25, -0.2) is 8.78 Å². The van der Waals surface area contributed by atoms with Crippen LogP contribution < -0.4 is 10.6 Å². The third-order valence-electron chi connectivity index (χ3n) is 3.54. The molecule has 0 fully saturated rings. The highest BCUT2D eigenvalue weighted by molar-refractivity contribution is 6.07. The van der Waals surface area contributed by atoms with Crippen LogP contribution in [-0.4, -0.2) is 5.91 Å². The van der Waals surface area contributed by atoms with Gasteiger partial charge in [0.1, 0.15) is 29.0 Å². The average molecular weight is 327 g/mol. The highest BCUT2D eigenvalue weighted by atomic mass is 19.1. The quantitative estimate of drug-likeness (QED) is 0.658.